The zero-order chi connectivity index (χ0) is 14.0. The zero-order valence-electron chi connectivity index (χ0n) is 11.1. The van der Waals surface area contributed by atoms with E-state index >= 15 is 0 Å². The maximum atomic E-state index is 12.0. The fourth-order valence-electron chi connectivity index (χ4n) is 2.26. The topological polar surface area (TPSA) is 69.2 Å². The highest BCUT2D eigenvalue weighted by atomic mass is 16.5. The van der Waals surface area contributed by atoms with Crippen LogP contribution in [-0.4, -0.2) is 29.1 Å². The summed E-state index contributed by atoms with van der Waals surface area (Å²) in [5.41, 5.74) is 2.23. The largest absolute Gasteiger partial charge is 0.462 e. The van der Waals surface area contributed by atoms with Gasteiger partial charge in [-0.15, -0.1) is 5.10 Å². The number of hydrogen-bond acceptors (Lipinski definition) is 5. The lowest BCUT2D eigenvalue weighted by Gasteiger charge is -2.12. The molecule has 1 aromatic heterocycles. The molecule has 2 aromatic rings. The Morgan fingerprint density at radius 1 is 1.42 bits per heavy atom. The van der Waals surface area contributed by atoms with Gasteiger partial charge in [0.25, 0.3) is 0 Å². The first-order chi connectivity index (χ1) is 9.10. The van der Waals surface area contributed by atoms with Crippen molar-refractivity contribution in [3.05, 3.63) is 34.6 Å². The van der Waals surface area contributed by atoms with Gasteiger partial charge in [0.1, 0.15) is 5.69 Å². The van der Waals surface area contributed by atoms with Crippen LogP contribution in [-0.2, 0) is 4.74 Å². The van der Waals surface area contributed by atoms with E-state index < -0.39 is 0 Å². The van der Waals surface area contributed by atoms with Crippen LogP contribution in [0.4, 0.5) is 0 Å². The predicted octanol–water partition coefficient (Wildman–Crippen LogP) is 2.24. The second-order valence-electron chi connectivity index (χ2n) is 4.23. The van der Waals surface area contributed by atoms with Gasteiger partial charge in [0.2, 0.25) is 0 Å². The lowest BCUT2D eigenvalue weighted by atomic mass is 9.96. The number of ether oxygens (including phenoxy) is 1. The number of benzene rings is 1. The first-order valence-corrected chi connectivity index (χ1v) is 5.98. The maximum Gasteiger partial charge on any atom is 0.338 e. The van der Waals surface area contributed by atoms with Crippen molar-refractivity contribution in [1.29, 1.82) is 0 Å². The molecule has 5 heteroatoms. The van der Waals surface area contributed by atoms with E-state index in [1.807, 2.05) is 13.0 Å². The Balaban J connectivity index is 2.79. The molecule has 5 nitrogen and oxygen atoms in total. The second-order valence-corrected chi connectivity index (χ2v) is 4.23. The number of carbonyl (C=O) groups is 2. The summed E-state index contributed by atoms with van der Waals surface area (Å²) in [6, 6.07) is 1.82. The highest BCUT2D eigenvalue weighted by Crippen LogP contribution is 2.26. The van der Waals surface area contributed by atoms with Crippen LogP contribution < -0.4 is 0 Å². The average molecular weight is 258 g/mol. The monoisotopic (exact) mass is 258 g/mol. The second kappa shape index (κ2) is 5.14. The summed E-state index contributed by atoms with van der Waals surface area (Å²) >= 11 is 0. The third-order valence-corrected chi connectivity index (χ3v) is 3.01. The van der Waals surface area contributed by atoms with Crippen molar-refractivity contribution >= 4 is 23.0 Å². The summed E-state index contributed by atoms with van der Waals surface area (Å²) in [7, 11) is 0. The molecule has 0 bridgehead atoms. The minimum atomic E-state index is -0.381. The van der Waals surface area contributed by atoms with Gasteiger partial charge in [0, 0.05) is 10.8 Å². The van der Waals surface area contributed by atoms with Gasteiger partial charge in [0.15, 0.2) is 6.29 Å². The quantitative estimate of drug-likeness (QED) is 0.623. The minimum Gasteiger partial charge on any atom is -0.462 e. The zero-order valence-corrected chi connectivity index (χ0v) is 11.1. The van der Waals surface area contributed by atoms with E-state index in [1.165, 1.54) is 0 Å². The summed E-state index contributed by atoms with van der Waals surface area (Å²) in [6.07, 6.45) is 2.23. The van der Waals surface area contributed by atoms with Crippen LogP contribution in [0, 0.1) is 13.8 Å². The van der Waals surface area contributed by atoms with E-state index in [1.54, 1.807) is 20.0 Å². The first-order valence-electron chi connectivity index (χ1n) is 5.98. The lowest BCUT2D eigenvalue weighted by molar-refractivity contribution is 0.0524. The van der Waals surface area contributed by atoms with Gasteiger partial charge in [-0.1, -0.05) is 0 Å². The van der Waals surface area contributed by atoms with Crippen molar-refractivity contribution in [1.82, 2.24) is 10.2 Å². The predicted molar refractivity (Wildman–Crippen MR) is 70.4 cm³/mol. The van der Waals surface area contributed by atoms with Gasteiger partial charge in [-0.2, -0.15) is 5.10 Å². The molecule has 0 aliphatic carbocycles. The Hall–Kier alpha value is -2.30. The van der Waals surface area contributed by atoms with Crippen molar-refractivity contribution in [3.8, 4) is 0 Å². The van der Waals surface area contributed by atoms with E-state index in [0.717, 1.165) is 10.9 Å². The SMILES string of the molecule is CCOC(=O)c1c(C)cc2cnnc(C=O)c2c1C. The smallest absolute Gasteiger partial charge is 0.338 e. The molecule has 0 N–H and O–H groups in total. The molecule has 0 aliphatic heterocycles. The number of hydrogen-bond donors (Lipinski definition) is 0. The Morgan fingerprint density at radius 2 is 2.16 bits per heavy atom. The van der Waals surface area contributed by atoms with Crippen LogP contribution in [0.2, 0.25) is 0 Å². The van der Waals surface area contributed by atoms with Crippen LogP contribution in [0.3, 0.4) is 0 Å². The summed E-state index contributed by atoms with van der Waals surface area (Å²) in [6.45, 7) is 5.69. The van der Waals surface area contributed by atoms with Gasteiger partial charge in [-0.25, -0.2) is 4.79 Å². The summed E-state index contributed by atoms with van der Waals surface area (Å²) in [5.74, 6) is -0.381. The van der Waals surface area contributed by atoms with Gasteiger partial charge < -0.3 is 4.74 Å². The molecule has 0 amide bonds. The number of esters is 1. The number of aldehydes is 1. The lowest BCUT2D eigenvalue weighted by Crippen LogP contribution is -2.10. The average Bonchev–Trinajstić information content (AvgIpc) is 2.38. The van der Waals surface area contributed by atoms with E-state index in [2.05, 4.69) is 10.2 Å². The molecule has 2 rings (SSSR count). The number of carbonyl (C=O) groups excluding carboxylic acids is 2. The van der Waals surface area contributed by atoms with Gasteiger partial charge in [0.05, 0.1) is 18.4 Å². The molecule has 0 radical (unpaired) electrons. The van der Waals surface area contributed by atoms with Crippen molar-refractivity contribution in [2.45, 2.75) is 20.8 Å². The molecule has 0 spiro atoms. The van der Waals surface area contributed by atoms with Gasteiger partial charge >= 0.3 is 5.97 Å². The van der Waals surface area contributed by atoms with Crippen LogP contribution in [0.1, 0.15) is 38.9 Å². The third-order valence-electron chi connectivity index (χ3n) is 3.01. The minimum absolute atomic E-state index is 0.237. The van der Waals surface area contributed by atoms with E-state index in [0.29, 0.717) is 29.4 Å². The third kappa shape index (κ3) is 2.19. The molecule has 0 aliphatic rings. The van der Waals surface area contributed by atoms with E-state index in [4.69, 9.17) is 4.74 Å². The number of nitrogens with zero attached hydrogens (tertiary/aromatic N) is 2. The molecule has 1 heterocycles. The molecular formula is C14H14N2O3. The maximum absolute atomic E-state index is 12.0. The van der Waals surface area contributed by atoms with E-state index in [9.17, 15) is 9.59 Å². The standard InChI is InChI=1S/C14H14N2O3/c1-4-19-14(18)12-8(2)5-10-6-15-16-11(7-17)13(10)9(12)3/h5-7H,4H2,1-3H3. The number of rotatable bonds is 3. The fraction of sp³-hybridized carbons (Fsp3) is 0.286. The van der Waals surface area contributed by atoms with Crippen molar-refractivity contribution < 1.29 is 14.3 Å². The summed E-state index contributed by atoms with van der Waals surface area (Å²) < 4.78 is 5.05. The van der Waals surface area contributed by atoms with Crippen LogP contribution >= 0.6 is 0 Å². The number of aromatic nitrogens is 2. The van der Waals surface area contributed by atoms with Crippen molar-refractivity contribution in [3.63, 3.8) is 0 Å². The highest BCUT2D eigenvalue weighted by Gasteiger charge is 2.18. The fourth-order valence-corrected chi connectivity index (χ4v) is 2.26. The number of fused-ring (bicyclic) bond motifs is 1. The molecule has 0 atom stereocenters. The van der Waals surface area contributed by atoms with Gasteiger partial charge in [-0.05, 0) is 38.0 Å². The number of aryl methyl sites for hydroxylation is 2. The molecule has 19 heavy (non-hydrogen) atoms. The Labute approximate surface area is 110 Å². The van der Waals surface area contributed by atoms with Crippen LogP contribution in [0.25, 0.3) is 10.8 Å². The Morgan fingerprint density at radius 3 is 2.79 bits per heavy atom. The van der Waals surface area contributed by atoms with Crippen LogP contribution in [0.5, 0.6) is 0 Å². The van der Waals surface area contributed by atoms with Crippen molar-refractivity contribution in [2.24, 2.45) is 0 Å². The molecule has 0 fully saturated rings. The molecule has 1 aromatic carbocycles. The van der Waals surface area contributed by atoms with Gasteiger partial charge in [-0.3, -0.25) is 4.79 Å². The Bertz CT molecular complexity index is 665. The summed E-state index contributed by atoms with van der Waals surface area (Å²) in [5, 5.41) is 9.01. The van der Waals surface area contributed by atoms with E-state index in [-0.39, 0.29) is 11.7 Å². The molecule has 0 saturated carbocycles. The normalized spacial score (nSPS) is 10.5. The highest BCUT2D eigenvalue weighted by molar-refractivity contribution is 6.04. The Kier molecular flexibility index (Phi) is 3.55. The molecule has 98 valence electrons. The first kappa shape index (κ1) is 13.1. The molecule has 0 saturated heterocycles. The van der Waals surface area contributed by atoms with Crippen molar-refractivity contribution in [2.75, 3.05) is 6.61 Å². The molecule has 0 unspecified atom stereocenters. The van der Waals surface area contributed by atoms with Crippen LogP contribution in [0.15, 0.2) is 12.3 Å². The summed E-state index contributed by atoms with van der Waals surface area (Å²) in [4.78, 5) is 23.0. The molecular weight excluding hydrogens is 244 g/mol.